The van der Waals surface area contributed by atoms with E-state index >= 15 is 0 Å². The zero-order valence-electron chi connectivity index (χ0n) is 6.41. The molecule has 0 nitrogen and oxygen atoms in total. The Balaban J connectivity index is -0.00000000750. The van der Waals surface area contributed by atoms with E-state index in [4.69, 9.17) is 0 Å². The van der Waals surface area contributed by atoms with E-state index in [1.807, 2.05) is 0 Å². The Labute approximate surface area is 65.3 Å². The first-order chi connectivity index (χ1) is 1.91. The Morgan fingerprint density at radius 3 is 1.17 bits per heavy atom. The fourth-order valence-electron chi connectivity index (χ4n) is 0. The average molecular weight is 68.0 g/mol. The molecule has 24 valence electrons. The van der Waals surface area contributed by atoms with Gasteiger partial charge in [0.15, 0.2) is 0 Å². The molecule has 0 unspecified atom stereocenters. The summed E-state index contributed by atoms with van der Waals surface area (Å²) in [4.78, 5) is 0. The van der Waals surface area contributed by atoms with Crippen molar-refractivity contribution in [3.63, 3.8) is 0 Å². The van der Waals surface area contributed by atoms with Gasteiger partial charge in [0.25, 0.3) is 0 Å². The fraction of sp³-hybridized carbons (Fsp3) is 0. The zero-order valence-corrected chi connectivity index (χ0v) is 4.41. The number of hydrogen-bond donors (Lipinski definition) is 0. The molecule has 0 N–H and O–H groups in total. The molecule has 0 atom stereocenters. The van der Waals surface area contributed by atoms with Crippen LogP contribution in [0.25, 0.3) is 0 Å². The van der Waals surface area contributed by atoms with E-state index in [2.05, 4.69) is 24.6 Å². The van der Waals surface area contributed by atoms with Gasteiger partial charge in [-0.2, -0.15) is 0 Å². The monoisotopic (exact) mass is 68.1 g/mol. The predicted octanol–water partition coefficient (Wildman–Crippen LogP) is -4.65. The van der Waals surface area contributed by atoms with Crippen molar-refractivity contribution < 1.29 is 40.6 Å². The Kier molecular flexibility index (Phi) is 47.7. The van der Waals surface area contributed by atoms with E-state index in [0.717, 1.165) is 0 Å². The molecule has 0 heterocycles. The van der Waals surface area contributed by atoms with Gasteiger partial charge in [0.2, 0.25) is 0 Å². The summed E-state index contributed by atoms with van der Waals surface area (Å²) in [6.07, 6.45) is 0. The van der Waals surface area contributed by atoms with Crippen molar-refractivity contribution in [1.29, 1.82) is 0 Å². The van der Waals surface area contributed by atoms with Gasteiger partial charge < -0.3 is 2.85 Å². The Morgan fingerprint density at radius 1 is 1.00 bits per heavy atom. The SMILES string of the molecule is C=C=C=C.[H-].[H-].[Li+].[Li+]. The molecule has 0 bridgehead atoms. The van der Waals surface area contributed by atoms with Crippen molar-refractivity contribution in [2.24, 2.45) is 0 Å². The van der Waals surface area contributed by atoms with E-state index in [1.165, 1.54) is 0 Å². The summed E-state index contributed by atoms with van der Waals surface area (Å²) in [7, 11) is 0. The first-order valence-electron chi connectivity index (χ1n) is 0.957. The molecule has 6 heavy (non-hydrogen) atoms. The van der Waals surface area contributed by atoms with Crippen molar-refractivity contribution in [3.05, 3.63) is 24.6 Å². The largest absolute Gasteiger partial charge is 1.00 e. The smallest absolute Gasteiger partial charge is 1.00 e. The molecule has 0 radical (unpaired) electrons. The maximum atomic E-state index is 3.18. The molecule has 0 aromatic heterocycles. The third kappa shape index (κ3) is 24.6. The predicted molar refractivity (Wildman–Crippen MR) is 20.5 cm³/mol. The van der Waals surface area contributed by atoms with Crippen LogP contribution in [-0.2, 0) is 0 Å². The minimum Gasteiger partial charge on any atom is -1.00 e. The van der Waals surface area contributed by atoms with Crippen LogP contribution in [0, 0.1) is 0 Å². The molecule has 0 spiro atoms. The first kappa shape index (κ1) is 16.1. The molecule has 0 fully saturated rings. The van der Waals surface area contributed by atoms with Crippen LogP contribution in [0.4, 0.5) is 0 Å². The van der Waals surface area contributed by atoms with Gasteiger partial charge in [-0.1, -0.05) is 11.5 Å². The van der Waals surface area contributed by atoms with E-state index in [-0.39, 0.29) is 40.6 Å². The summed E-state index contributed by atoms with van der Waals surface area (Å²) in [5, 5.41) is 0. The topological polar surface area (TPSA) is 0 Å². The Bertz CT molecular complexity index is 62.1. The van der Waals surface area contributed by atoms with Crippen LogP contribution >= 0.6 is 0 Å². The van der Waals surface area contributed by atoms with E-state index in [1.54, 1.807) is 0 Å². The summed E-state index contributed by atoms with van der Waals surface area (Å²) in [5.74, 6) is 0. The molecule has 2 heteroatoms. The molecule has 0 aliphatic heterocycles. The normalized spacial score (nSPS) is 2.00. The summed E-state index contributed by atoms with van der Waals surface area (Å²) in [6, 6.07) is 0. The van der Waals surface area contributed by atoms with Crippen LogP contribution < -0.4 is 37.7 Å². The molecular formula is C4H6Li2. The quantitative estimate of drug-likeness (QED) is 0.198. The number of rotatable bonds is 0. The van der Waals surface area contributed by atoms with Crippen molar-refractivity contribution in [2.75, 3.05) is 0 Å². The summed E-state index contributed by atoms with van der Waals surface area (Å²) in [6.45, 7) is 6.36. The maximum absolute atomic E-state index is 3.18. The molecule has 0 saturated carbocycles. The van der Waals surface area contributed by atoms with Crippen molar-refractivity contribution in [3.8, 4) is 0 Å². The second-order valence-electron chi connectivity index (χ2n) is 0.354. The maximum Gasteiger partial charge on any atom is 1.00 e. The van der Waals surface area contributed by atoms with Crippen LogP contribution in [0.5, 0.6) is 0 Å². The standard InChI is InChI=1S/C4H4.2Li.2H/c1-3-4-2;;;;/h1-2H2;;;;/q;2*+1;2*-1. The van der Waals surface area contributed by atoms with Gasteiger partial charge in [-0.05, 0) is 13.2 Å². The molecule has 0 aromatic rings. The van der Waals surface area contributed by atoms with Gasteiger partial charge in [-0.25, -0.2) is 0 Å². The number of hydrogen-bond acceptors (Lipinski definition) is 0. The van der Waals surface area contributed by atoms with E-state index < -0.39 is 0 Å². The average Bonchev–Trinajstić information content (AvgIpc) is 1.37. The summed E-state index contributed by atoms with van der Waals surface area (Å²) < 4.78 is 0. The zero-order chi connectivity index (χ0) is 3.41. The molecule has 0 aromatic carbocycles. The van der Waals surface area contributed by atoms with Crippen LogP contribution in [0.15, 0.2) is 24.6 Å². The van der Waals surface area contributed by atoms with Gasteiger partial charge in [0.05, 0.1) is 0 Å². The molecule has 0 amide bonds. The van der Waals surface area contributed by atoms with Gasteiger partial charge >= 0.3 is 37.7 Å². The molecule has 0 aliphatic carbocycles. The molecular weight excluding hydrogens is 61.9 g/mol. The van der Waals surface area contributed by atoms with Crippen molar-refractivity contribution in [2.45, 2.75) is 0 Å². The second-order valence-corrected chi connectivity index (χ2v) is 0.354. The van der Waals surface area contributed by atoms with Crippen LogP contribution in [0.2, 0.25) is 0 Å². The fourth-order valence-corrected chi connectivity index (χ4v) is 0. The first-order valence-corrected chi connectivity index (χ1v) is 0.957. The van der Waals surface area contributed by atoms with E-state index in [0.29, 0.717) is 0 Å². The van der Waals surface area contributed by atoms with Gasteiger partial charge in [0.1, 0.15) is 0 Å². The third-order valence-corrected chi connectivity index (χ3v) is 0.125. The minimum atomic E-state index is 0. The molecule has 0 saturated heterocycles. The van der Waals surface area contributed by atoms with E-state index in [9.17, 15) is 0 Å². The third-order valence-electron chi connectivity index (χ3n) is 0.125. The van der Waals surface area contributed by atoms with Gasteiger partial charge in [0, 0.05) is 0 Å². The van der Waals surface area contributed by atoms with Gasteiger partial charge in [-0.3, -0.25) is 0 Å². The summed E-state index contributed by atoms with van der Waals surface area (Å²) in [5.41, 5.74) is 4.64. The minimum absolute atomic E-state index is 0. The second kappa shape index (κ2) is 17.8. The van der Waals surface area contributed by atoms with Crippen LogP contribution in [0.3, 0.4) is 0 Å². The molecule has 0 rings (SSSR count). The Hall–Kier alpha value is 0.495. The van der Waals surface area contributed by atoms with Crippen LogP contribution in [-0.4, -0.2) is 0 Å². The van der Waals surface area contributed by atoms with Gasteiger partial charge in [-0.15, -0.1) is 0 Å². The van der Waals surface area contributed by atoms with Crippen molar-refractivity contribution >= 4 is 0 Å². The van der Waals surface area contributed by atoms with Crippen molar-refractivity contribution in [1.82, 2.24) is 0 Å². The molecule has 0 aliphatic rings. The Morgan fingerprint density at radius 2 is 1.17 bits per heavy atom. The summed E-state index contributed by atoms with van der Waals surface area (Å²) >= 11 is 0. The van der Waals surface area contributed by atoms with Crippen LogP contribution in [0.1, 0.15) is 2.85 Å².